The number of methoxy groups -OCH3 is 1. The van der Waals surface area contributed by atoms with Crippen LogP contribution in [0.4, 0.5) is 0 Å². The molecule has 3 nitrogen and oxygen atoms in total. The molecule has 0 saturated carbocycles. The highest BCUT2D eigenvalue weighted by Crippen LogP contribution is 2.29. The number of ether oxygens (including phenoxy) is 3. The van der Waals surface area contributed by atoms with Gasteiger partial charge in [-0.1, -0.05) is 12.1 Å². The fourth-order valence-electron chi connectivity index (χ4n) is 2.02. The van der Waals surface area contributed by atoms with Gasteiger partial charge in [0.2, 0.25) is 0 Å². The number of hydrogen-bond donors (Lipinski definition) is 0. The zero-order valence-electron chi connectivity index (χ0n) is 9.90. The lowest BCUT2D eigenvalue weighted by molar-refractivity contribution is -0.142. The smallest absolute Gasteiger partial charge is 0.118 e. The lowest BCUT2D eigenvalue weighted by atomic mass is 10.0. The summed E-state index contributed by atoms with van der Waals surface area (Å²) in [6.45, 7) is 1.28. The molecule has 0 spiro atoms. The molecule has 2 atom stereocenters. The van der Waals surface area contributed by atoms with Crippen LogP contribution in [0.1, 0.15) is 18.1 Å². The Kier molecular flexibility index (Phi) is 4.66. The van der Waals surface area contributed by atoms with Crippen molar-refractivity contribution >= 4 is 11.6 Å². The van der Waals surface area contributed by atoms with E-state index in [-0.39, 0.29) is 12.2 Å². The van der Waals surface area contributed by atoms with Gasteiger partial charge in [-0.25, -0.2) is 0 Å². The van der Waals surface area contributed by atoms with Gasteiger partial charge in [-0.15, -0.1) is 11.6 Å². The van der Waals surface area contributed by atoms with Crippen LogP contribution in [0.5, 0.6) is 5.75 Å². The van der Waals surface area contributed by atoms with Crippen molar-refractivity contribution in [1.29, 1.82) is 0 Å². The van der Waals surface area contributed by atoms with Crippen molar-refractivity contribution in [1.82, 2.24) is 0 Å². The number of benzene rings is 1. The lowest BCUT2D eigenvalue weighted by Gasteiger charge is -2.32. The molecule has 1 saturated heterocycles. The Morgan fingerprint density at radius 3 is 2.59 bits per heavy atom. The largest absolute Gasteiger partial charge is 0.497 e. The molecule has 1 aromatic rings. The van der Waals surface area contributed by atoms with Crippen LogP contribution in [0, 0.1) is 0 Å². The van der Waals surface area contributed by atoms with Crippen LogP contribution >= 0.6 is 11.6 Å². The molecule has 1 aliphatic heterocycles. The Morgan fingerprint density at radius 1 is 1.24 bits per heavy atom. The van der Waals surface area contributed by atoms with Crippen molar-refractivity contribution < 1.29 is 14.2 Å². The van der Waals surface area contributed by atoms with Crippen molar-refractivity contribution in [2.24, 2.45) is 0 Å². The summed E-state index contributed by atoms with van der Waals surface area (Å²) in [5.41, 5.74) is 1.11. The summed E-state index contributed by atoms with van der Waals surface area (Å²) in [7, 11) is 1.66. The van der Waals surface area contributed by atoms with Crippen molar-refractivity contribution in [2.75, 3.05) is 26.2 Å². The fourth-order valence-corrected chi connectivity index (χ4v) is 2.23. The quantitative estimate of drug-likeness (QED) is 0.776. The third-order valence-corrected chi connectivity index (χ3v) is 3.11. The number of alkyl halides is 1. The second-order valence-electron chi connectivity index (χ2n) is 3.95. The molecule has 0 N–H and O–H groups in total. The molecule has 0 amide bonds. The van der Waals surface area contributed by atoms with Gasteiger partial charge in [0.1, 0.15) is 11.9 Å². The van der Waals surface area contributed by atoms with Gasteiger partial charge < -0.3 is 14.2 Å². The van der Waals surface area contributed by atoms with Gasteiger partial charge >= 0.3 is 0 Å². The van der Waals surface area contributed by atoms with Crippen LogP contribution < -0.4 is 4.74 Å². The van der Waals surface area contributed by atoms with Gasteiger partial charge in [0.05, 0.1) is 26.4 Å². The van der Waals surface area contributed by atoms with Gasteiger partial charge in [-0.05, 0) is 24.1 Å². The Labute approximate surface area is 107 Å². The predicted octanol–water partition coefficient (Wildman–Crippen LogP) is 2.78. The molecule has 1 heterocycles. The van der Waals surface area contributed by atoms with E-state index in [1.165, 1.54) is 0 Å². The fraction of sp³-hybridized carbons (Fsp3) is 0.538. The van der Waals surface area contributed by atoms with E-state index < -0.39 is 0 Å². The van der Waals surface area contributed by atoms with Crippen molar-refractivity contribution in [2.45, 2.75) is 18.6 Å². The number of rotatable bonds is 4. The highest BCUT2D eigenvalue weighted by Gasteiger charge is 2.27. The van der Waals surface area contributed by atoms with Crippen molar-refractivity contribution in [3.8, 4) is 5.75 Å². The molecule has 1 aliphatic rings. The zero-order chi connectivity index (χ0) is 12.1. The minimum Gasteiger partial charge on any atom is -0.497 e. The standard InChI is InChI=1S/C13H17ClO3/c1-15-11-4-2-10(3-5-11)13-12(6-7-14)16-8-9-17-13/h2-5,12-13H,6-9H2,1H3. The average Bonchev–Trinajstić information content (AvgIpc) is 2.40. The topological polar surface area (TPSA) is 27.7 Å². The van der Waals surface area contributed by atoms with Crippen molar-refractivity contribution in [3.63, 3.8) is 0 Å². The monoisotopic (exact) mass is 256 g/mol. The predicted molar refractivity (Wildman–Crippen MR) is 66.8 cm³/mol. The van der Waals surface area contributed by atoms with Crippen LogP contribution in [0.3, 0.4) is 0 Å². The van der Waals surface area contributed by atoms with Crippen LogP contribution in [0.2, 0.25) is 0 Å². The van der Waals surface area contributed by atoms with E-state index >= 15 is 0 Å². The lowest BCUT2D eigenvalue weighted by Crippen LogP contribution is -2.32. The molecule has 0 aliphatic carbocycles. The third-order valence-electron chi connectivity index (χ3n) is 2.89. The molecule has 0 radical (unpaired) electrons. The normalized spacial score (nSPS) is 24.6. The Balaban J connectivity index is 2.11. The second kappa shape index (κ2) is 6.24. The second-order valence-corrected chi connectivity index (χ2v) is 4.33. The summed E-state index contributed by atoms with van der Waals surface area (Å²) < 4.78 is 16.6. The molecule has 17 heavy (non-hydrogen) atoms. The zero-order valence-corrected chi connectivity index (χ0v) is 10.7. The van der Waals surface area contributed by atoms with Crippen LogP contribution in [0.15, 0.2) is 24.3 Å². The van der Waals surface area contributed by atoms with Crippen molar-refractivity contribution in [3.05, 3.63) is 29.8 Å². The molecule has 94 valence electrons. The maximum Gasteiger partial charge on any atom is 0.118 e. The molecule has 0 aromatic heterocycles. The van der Waals surface area contributed by atoms with Gasteiger partial charge in [0, 0.05) is 5.88 Å². The highest BCUT2D eigenvalue weighted by molar-refractivity contribution is 6.17. The summed E-state index contributed by atoms with van der Waals surface area (Å²) in [4.78, 5) is 0. The first kappa shape index (κ1) is 12.7. The summed E-state index contributed by atoms with van der Waals surface area (Å²) >= 11 is 5.78. The first-order valence-electron chi connectivity index (χ1n) is 5.78. The summed E-state index contributed by atoms with van der Waals surface area (Å²) in [6.07, 6.45) is 0.834. The Bertz CT molecular complexity index is 337. The van der Waals surface area contributed by atoms with E-state index in [9.17, 15) is 0 Å². The number of halogens is 1. The maximum atomic E-state index is 5.78. The number of hydrogen-bond acceptors (Lipinski definition) is 3. The molecule has 2 rings (SSSR count). The minimum absolute atomic E-state index is 0.0200. The van der Waals surface area contributed by atoms with Crippen LogP contribution in [-0.2, 0) is 9.47 Å². The molecule has 1 aromatic carbocycles. The molecule has 1 fully saturated rings. The van der Waals surface area contributed by atoms with Gasteiger partial charge in [0.15, 0.2) is 0 Å². The van der Waals surface area contributed by atoms with E-state index in [4.69, 9.17) is 25.8 Å². The van der Waals surface area contributed by atoms with Gasteiger partial charge in [-0.3, -0.25) is 0 Å². The Hall–Kier alpha value is -0.770. The SMILES string of the molecule is COc1ccc(C2OCCOC2CCCl)cc1. The van der Waals surface area contributed by atoms with Crippen LogP contribution in [-0.4, -0.2) is 32.3 Å². The maximum absolute atomic E-state index is 5.78. The van der Waals surface area contributed by atoms with E-state index in [0.717, 1.165) is 17.7 Å². The third kappa shape index (κ3) is 3.12. The molecule has 2 unspecified atom stereocenters. The van der Waals surface area contributed by atoms with E-state index in [1.54, 1.807) is 7.11 Å². The van der Waals surface area contributed by atoms with Gasteiger partial charge in [-0.2, -0.15) is 0 Å². The minimum atomic E-state index is -0.0200. The van der Waals surface area contributed by atoms with E-state index in [1.807, 2.05) is 24.3 Å². The van der Waals surface area contributed by atoms with Gasteiger partial charge in [0.25, 0.3) is 0 Å². The van der Waals surface area contributed by atoms with E-state index in [0.29, 0.717) is 19.1 Å². The molecule has 0 bridgehead atoms. The molecular formula is C13H17ClO3. The Morgan fingerprint density at radius 2 is 1.94 bits per heavy atom. The summed E-state index contributed by atoms with van der Waals surface area (Å²) in [5.74, 6) is 1.43. The van der Waals surface area contributed by atoms with Crippen LogP contribution in [0.25, 0.3) is 0 Å². The summed E-state index contributed by atoms with van der Waals surface area (Å²) in [5, 5.41) is 0. The van der Waals surface area contributed by atoms with E-state index in [2.05, 4.69) is 0 Å². The first-order chi connectivity index (χ1) is 8.35. The highest BCUT2D eigenvalue weighted by atomic mass is 35.5. The average molecular weight is 257 g/mol. The molecular weight excluding hydrogens is 240 g/mol. The summed E-state index contributed by atoms with van der Waals surface area (Å²) in [6, 6.07) is 7.90. The first-order valence-corrected chi connectivity index (χ1v) is 6.31. The molecule has 4 heteroatoms.